The van der Waals surface area contributed by atoms with Gasteiger partial charge in [0.2, 0.25) is 0 Å². The molecule has 2 heterocycles. The molecule has 1 aliphatic heterocycles. The van der Waals surface area contributed by atoms with Gasteiger partial charge in [-0.05, 0) is 30.8 Å². The molecule has 1 fully saturated rings. The zero-order valence-electron chi connectivity index (χ0n) is 12.9. The number of hydrogen-bond acceptors (Lipinski definition) is 4. The molecule has 0 unspecified atom stereocenters. The van der Waals surface area contributed by atoms with Gasteiger partial charge >= 0.3 is 5.97 Å². The summed E-state index contributed by atoms with van der Waals surface area (Å²) in [6.07, 6.45) is 0. The lowest BCUT2D eigenvalue weighted by molar-refractivity contribution is 0.0689. The Hall–Kier alpha value is -2.34. The van der Waals surface area contributed by atoms with Crippen LogP contribution in [0.15, 0.2) is 30.3 Å². The van der Waals surface area contributed by atoms with Crippen LogP contribution in [0.2, 0.25) is 0 Å². The fourth-order valence-corrected chi connectivity index (χ4v) is 2.75. The summed E-state index contributed by atoms with van der Waals surface area (Å²) in [5.41, 5.74) is 3.06. The number of carbonyl (C=O) groups is 1. The van der Waals surface area contributed by atoms with Crippen LogP contribution in [-0.2, 0) is 7.05 Å². The lowest BCUT2D eigenvalue weighted by Crippen LogP contribution is -2.44. The Bertz CT molecular complexity index is 670. The molecule has 0 bridgehead atoms. The largest absolute Gasteiger partial charge is 0.476 e. The number of aryl methyl sites for hydroxylation is 1. The zero-order valence-corrected chi connectivity index (χ0v) is 12.9. The number of aromatic nitrogens is 2. The molecular weight excluding hydrogens is 280 g/mol. The number of likely N-dealkylation sites (N-methyl/N-ethyl adjacent to an activating group) is 1. The molecule has 1 aromatic carbocycles. The number of rotatable bonds is 3. The lowest BCUT2D eigenvalue weighted by atomic mass is 10.1. The fourth-order valence-electron chi connectivity index (χ4n) is 2.75. The first-order valence-corrected chi connectivity index (χ1v) is 7.36. The number of piperazine rings is 1. The van der Waals surface area contributed by atoms with Crippen molar-refractivity contribution in [1.82, 2.24) is 14.7 Å². The lowest BCUT2D eigenvalue weighted by Gasteiger charge is -2.34. The summed E-state index contributed by atoms with van der Waals surface area (Å²) in [5.74, 6) is -1.00. The molecule has 0 aliphatic carbocycles. The highest BCUT2D eigenvalue weighted by molar-refractivity contribution is 5.87. The van der Waals surface area contributed by atoms with E-state index in [1.807, 2.05) is 12.1 Å². The molecule has 1 N–H and O–H groups in total. The Balaban J connectivity index is 1.81. The van der Waals surface area contributed by atoms with E-state index in [-0.39, 0.29) is 5.69 Å². The van der Waals surface area contributed by atoms with Gasteiger partial charge in [0.1, 0.15) is 0 Å². The molecule has 2 aromatic rings. The Morgan fingerprint density at radius 3 is 2.27 bits per heavy atom. The molecule has 1 aromatic heterocycles. The number of anilines is 1. The van der Waals surface area contributed by atoms with Crippen LogP contribution in [0.4, 0.5) is 5.69 Å². The summed E-state index contributed by atoms with van der Waals surface area (Å²) in [7, 11) is 3.90. The summed E-state index contributed by atoms with van der Waals surface area (Å²) in [5, 5.41) is 13.0. The molecule has 6 heteroatoms. The Morgan fingerprint density at radius 1 is 1.09 bits per heavy atom. The maximum atomic E-state index is 11.0. The number of carboxylic acid groups (broad SMARTS) is 1. The third kappa shape index (κ3) is 2.82. The van der Waals surface area contributed by atoms with Crippen molar-refractivity contribution in [2.24, 2.45) is 7.05 Å². The van der Waals surface area contributed by atoms with Crippen LogP contribution in [-0.4, -0.2) is 59.0 Å². The highest BCUT2D eigenvalue weighted by Crippen LogP contribution is 2.24. The van der Waals surface area contributed by atoms with Crippen LogP contribution in [0.5, 0.6) is 0 Å². The van der Waals surface area contributed by atoms with Crippen LogP contribution in [0.3, 0.4) is 0 Å². The van der Waals surface area contributed by atoms with Crippen LogP contribution in [0, 0.1) is 0 Å². The Kier molecular flexibility index (Phi) is 3.85. The molecule has 1 aliphatic rings. The molecule has 0 spiro atoms. The summed E-state index contributed by atoms with van der Waals surface area (Å²) < 4.78 is 1.61. The minimum Gasteiger partial charge on any atom is -0.476 e. The third-order valence-electron chi connectivity index (χ3n) is 4.13. The molecule has 3 rings (SSSR count). The number of carboxylic acids is 1. The predicted molar refractivity (Wildman–Crippen MR) is 85.3 cm³/mol. The smallest absolute Gasteiger partial charge is 0.356 e. The second-order valence-electron chi connectivity index (χ2n) is 5.68. The van der Waals surface area contributed by atoms with Gasteiger partial charge in [0.25, 0.3) is 0 Å². The van der Waals surface area contributed by atoms with Gasteiger partial charge < -0.3 is 14.9 Å². The first-order chi connectivity index (χ1) is 10.5. The highest BCUT2D eigenvalue weighted by atomic mass is 16.4. The average Bonchev–Trinajstić information content (AvgIpc) is 2.91. The van der Waals surface area contributed by atoms with Gasteiger partial charge in [0, 0.05) is 38.9 Å². The van der Waals surface area contributed by atoms with E-state index in [1.165, 1.54) is 5.69 Å². The Labute approximate surface area is 129 Å². The van der Waals surface area contributed by atoms with Gasteiger partial charge in [-0.25, -0.2) is 4.79 Å². The van der Waals surface area contributed by atoms with Crippen molar-refractivity contribution in [3.05, 3.63) is 36.0 Å². The van der Waals surface area contributed by atoms with E-state index in [0.29, 0.717) is 0 Å². The van der Waals surface area contributed by atoms with Crippen LogP contribution in [0.1, 0.15) is 10.5 Å². The molecule has 6 nitrogen and oxygen atoms in total. The average molecular weight is 300 g/mol. The molecule has 0 atom stereocenters. The maximum Gasteiger partial charge on any atom is 0.356 e. The van der Waals surface area contributed by atoms with E-state index < -0.39 is 5.97 Å². The second kappa shape index (κ2) is 5.81. The van der Waals surface area contributed by atoms with Crippen molar-refractivity contribution in [3.63, 3.8) is 0 Å². The number of aromatic carboxylic acids is 1. The maximum absolute atomic E-state index is 11.0. The van der Waals surface area contributed by atoms with E-state index in [2.05, 4.69) is 34.1 Å². The van der Waals surface area contributed by atoms with Gasteiger partial charge in [-0.15, -0.1) is 0 Å². The molecule has 22 heavy (non-hydrogen) atoms. The van der Waals surface area contributed by atoms with E-state index in [0.717, 1.165) is 37.4 Å². The van der Waals surface area contributed by atoms with E-state index in [9.17, 15) is 4.79 Å². The van der Waals surface area contributed by atoms with Crippen LogP contribution < -0.4 is 4.90 Å². The van der Waals surface area contributed by atoms with Crippen molar-refractivity contribution in [3.8, 4) is 11.3 Å². The third-order valence-corrected chi connectivity index (χ3v) is 4.13. The second-order valence-corrected chi connectivity index (χ2v) is 5.68. The quantitative estimate of drug-likeness (QED) is 0.931. The van der Waals surface area contributed by atoms with Crippen LogP contribution >= 0.6 is 0 Å². The Morgan fingerprint density at radius 2 is 1.73 bits per heavy atom. The van der Waals surface area contributed by atoms with Gasteiger partial charge in [0.05, 0.1) is 5.69 Å². The summed E-state index contributed by atoms with van der Waals surface area (Å²) in [4.78, 5) is 15.7. The standard InChI is InChI=1S/C16H20N4O2/c1-18-7-9-20(10-8-18)13-5-3-12(4-6-13)15-11-14(16(21)22)17-19(15)2/h3-6,11H,7-10H2,1-2H3,(H,21,22). The van der Waals surface area contributed by atoms with Gasteiger partial charge in [-0.2, -0.15) is 5.10 Å². The fraction of sp³-hybridized carbons (Fsp3) is 0.375. The minimum atomic E-state index is -1.00. The highest BCUT2D eigenvalue weighted by Gasteiger charge is 2.15. The molecule has 0 radical (unpaired) electrons. The first-order valence-electron chi connectivity index (χ1n) is 7.36. The van der Waals surface area contributed by atoms with Crippen molar-refractivity contribution in [1.29, 1.82) is 0 Å². The minimum absolute atomic E-state index is 0.0700. The topological polar surface area (TPSA) is 61.6 Å². The monoisotopic (exact) mass is 300 g/mol. The zero-order chi connectivity index (χ0) is 15.7. The van der Waals surface area contributed by atoms with Gasteiger partial charge in [-0.1, -0.05) is 12.1 Å². The number of nitrogens with zero attached hydrogens (tertiary/aromatic N) is 4. The van der Waals surface area contributed by atoms with Crippen molar-refractivity contribution in [2.45, 2.75) is 0 Å². The van der Waals surface area contributed by atoms with E-state index in [1.54, 1.807) is 17.8 Å². The summed E-state index contributed by atoms with van der Waals surface area (Å²) in [6, 6.07) is 9.84. The van der Waals surface area contributed by atoms with E-state index >= 15 is 0 Å². The normalized spacial score (nSPS) is 16.0. The number of benzene rings is 1. The molecule has 116 valence electrons. The van der Waals surface area contributed by atoms with Gasteiger partial charge in [0.15, 0.2) is 5.69 Å². The summed E-state index contributed by atoms with van der Waals surface area (Å²) in [6.45, 7) is 4.21. The number of hydrogen-bond donors (Lipinski definition) is 1. The molecule has 0 amide bonds. The van der Waals surface area contributed by atoms with E-state index in [4.69, 9.17) is 5.11 Å². The van der Waals surface area contributed by atoms with Gasteiger partial charge in [-0.3, -0.25) is 4.68 Å². The van der Waals surface area contributed by atoms with Crippen LogP contribution in [0.25, 0.3) is 11.3 Å². The predicted octanol–water partition coefficient (Wildman–Crippen LogP) is 1.54. The molecular formula is C16H20N4O2. The molecule has 1 saturated heterocycles. The van der Waals surface area contributed by atoms with Crippen molar-refractivity contribution in [2.75, 3.05) is 38.1 Å². The van der Waals surface area contributed by atoms with Crippen molar-refractivity contribution < 1.29 is 9.90 Å². The molecule has 0 saturated carbocycles. The first kappa shape index (κ1) is 14.6. The van der Waals surface area contributed by atoms with Crippen molar-refractivity contribution >= 4 is 11.7 Å². The summed E-state index contributed by atoms with van der Waals surface area (Å²) >= 11 is 0. The SMILES string of the molecule is CN1CCN(c2ccc(-c3cc(C(=O)O)nn3C)cc2)CC1.